The first-order chi connectivity index (χ1) is 14.0. The summed E-state index contributed by atoms with van der Waals surface area (Å²) in [5.74, 6) is 0.817. The maximum absolute atomic E-state index is 12.9. The molecule has 2 aromatic carbocycles. The number of amides is 1. The molecule has 152 valence electrons. The molecule has 0 bridgehead atoms. The Balaban J connectivity index is 1.76. The van der Waals surface area contributed by atoms with Gasteiger partial charge in [0.15, 0.2) is 5.16 Å². The van der Waals surface area contributed by atoms with Crippen LogP contribution in [0.5, 0.6) is 0 Å². The number of carbonyl (C=O) groups excluding carboxylic acids is 1. The van der Waals surface area contributed by atoms with Crippen molar-refractivity contribution in [2.24, 2.45) is 0 Å². The molecule has 0 spiro atoms. The third kappa shape index (κ3) is 5.07. The van der Waals surface area contributed by atoms with Crippen molar-refractivity contribution in [3.8, 4) is 5.69 Å². The van der Waals surface area contributed by atoms with E-state index in [0.29, 0.717) is 0 Å². The average molecular weight is 409 g/mol. The van der Waals surface area contributed by atoms with Crippen LogP contribution < -0.4 is 5.32 Å². The fourth-order valence-electron chi connectivity index (χ4n) is 3.31. The molecule has 6 heteroatoms. The minimum Gasteiger partial charge on any atom is -0.348 e. The number of nitrogens with one attached hydrogen (secondary N) is 1. The standard InChI is InChI=1S/C23H28N4OS/c1-5-11-20(19-13-7-6-8-14-19)24-22(28)17(3)29-23-26-25-18(4)27(23)21-15-10-9-12-16(21)2/h6-10,12-15,17,20H,5,11H2,1-4H3,(H,24,28)/t17-,20+/m0/s1. The number of aromatic nitrogens is 3. The van der Waals surface area contributed by atoms with Gasteiger partial charge in [-0.2, -0.15) is 0 Å². The largest absolute Gasteiger partial charge is 0.348 e. The number of rotatable bonds is 8. The lowest BCUT2D eigenvalue weighted by Gasteiger charge is -2.21. The van der Waals surface area contributed by atoms with Crippen LogP contribution in [0.15, 0.2) is 59.8 Å². The Morgan fingerprint density at radius 3 is 2.45 bits per heavy atom. The molecule has 29 heavy (non-hydrogen) atoms. The Bertz CT molecular complexity index is 955. The van der Waals surface area contributed by atoms with Crippen molar-refractivity contribution in [3.63, 3.8) is 0 Å². The highest BCUT2D eigenvalue weighted by Gasteiger charge is 2.23. The summed E-state index contributed by atoms with van der Waals surface area (Å²) in [4.78, 5) is 12.9. The first-order valence-corrected chi connectivity index (χ1v) is 10.9. The van der Waals surface area contributed by atoms with E-state index in [0.717, 1.165) is 40.6 Å². The monoisotopic (exact) mass is 408 g/mol. The SMILES string of the molecule is CCC[C@@H](NC(=O)[C@H](C)Sc1nnc(C)n1-c1ccccc1C)c1ccccc1. The zero-order valence-corrected chi connectivity index (χ0v) is 18.2. The number of aryl methyl sites for hydroxylation is 2. The Hall–Kier alpha value is -2.60. The van der Waals surface area contributed by atoms with Crippen molar-refractivity contribution in [1.29, 1.82) is 0 Å². The van der Waals surface area contributed by atoms with Crippen molar-refractivity contribution >= 4 is 17.7 Å². The summed E-state index contributed by atoms with van der Waals surface area (Å²) in [6, 6.07) is 18.3. The minimum atomic E-state index is -0.288. The average Bonchev–Trinajstić information content (AvgIpc) is 3.08. The van der Waals surface area contributed by atoms with E-state index in [4.69, 9.17) is 0 Å². The zero-order chi connectivity index (χ0) is 20.8. The summed E-state index contributed by atoms with van der Waals surface area (Å²) < 4.78 is 2.02. The lowest BCUT2D eigenvalue weighted by Crippen LogP contribution is -2.34. The Morgan fingerprint density at radius 1 is 1.07 bits per heavy atom. The number of nitrogens with zero attached hydrogens (tertiary/aromatic N) is 3. The molecule has 0 saturated heterocycles. The third-order valence-electron chi connectivity index (χ3n) is 4.90. The van der Waals surface area contributed by atoms with Crippen molar-refractivity contribution in [1.82, 2.24) is 20.1 Å². The highest BCUT2D eigenvalue weighted by atomic mass is 32.2. The van der Waals surface area contributed by atoms with Gasteiger partial charge in [0.25, 0.3) is 0 Å². The first-order valence-electron chi connectivity index (χ1n) is 10.0. The second-order valence-corrected chi connectivity index (χ2v) is 8.48. The van der Waals surface area contributed by atoms with E-state index in [9.17, 15) is 4.79 Å². The molecular weight excluding hydrogens is 380 g/mol. The maximum atomic E-state index is 12.9. The van der Waals surface area contributed by atoms with E-state index in [2.05, 4.69) is 47.6 Å². The molecule has 1 amide bonds. The molecule has 0 aliphatic carbocycles. The Labute approximate surface area is 176 Å². The predicted octanol–water partition coefficient (Wildman–Crippen LogP) is 5.02. The third-order valence-corrected chi connectivity index (χ3v) is 5.94. The van der Waals surface area contributed by atoms with Crippen LogP contribution in [0, 0.1) is 13.8 Å². The van der Waals surface area contributed by atoms with Crippen molar-refractivity contribution in [3.05, 3.63) is 71.5 Å². The van der Waals surface area contributed by atoms with Gasteiger partial charge in [0.1, 0.15) is 5.82 Å². The van der Waals surface area contributed by atoms with Gasteiger partial charge in [-0.3, -0.25) is 9.36 Å². The van der Waals surface area contributed by atoms with Crippen LogP contribution in [0.3, 0.4) is 0 Å². The summed E-state index contributed by atoms with van der Waals surface area (Å²) in [5.41, 5.74) is 3.32. The fraction of sp³-hybridized carbons (Fsp3) is 0.348. The summed E-state index contributed by atoms with van der Waals surface area (Å²) in [6.45, 7) is 8.05. The summed E-state index contributed by atoms with van der Waals surface area (Å²) >= 11 is 1.44. The topological polar surface area (TPSA) is 59.8 Å². The van der Waals surface area contributed by atoms with Crippen LogP contribution in [0.2, 0.25) is 0 Å². The smallest absolute Gasteiger partial charge is 0.233 e. The molecule has 0 fully saturated rings. The number of para-hydroxylation sites is 1. The molecule has 1 N–H and O–H groups in total. The number of hydrogen-bond donors (Lipinski definition) is 1. The van der Waals surface area contributed by atoms with Gasteiger partial charge in [0.05, 0.1) is 17.0 Å². The number of hydrogen-bond acceptors (Lipinski definition) is 4. The summed E-state index contributed by atoms with van der Waals surface area (Å²) in [6.07, 6.45) is 1.91. The normalized spacial score (nSPS) is 13.1. The quantitative estimate of drug-likeness (QED) is 0.532. The fourth-order valence-corrected chi connectivity index (χ4v) is 4.22. The van der Waals surface area contributed by atoms with E-state index >= 15 is 0 Å². The molecule has 0 aliphatic heterocycles. The van der Waals surface area contributed by atoms with E-state index in [-0.39, 0.29) is 17.2 Å². The van der Waals surface area contributed by atoms with Gasteiger partial charge in [-0.25, -0.2) is 0 Å². The summed E-state index contributed by atoms with van der Waals surface area (Å²) in [5, 5.41) is 12.2. The van der Waals surface area contributed by atoms with Gasteiger partial charge < -0.3 is 5.32 Å². The van der Waals surface area contributed by atoms with Crippen molar-refractivity contribution < 1.29 is 4.79 Å². The molecule has 1 heterocycles. The molecule has 0 aliphatic rings. The van der Waals surface area contributed by atoms with Gasteiger partial charge in [0, 0.05) is 0 Å². The number of thioether (sulfide) groups is 1. The highest BCUT2D eigenvalue weighted by molar-refractivity contribution is 8.00. The predicted molar refractivity (Wildman–Crippen MR) is 118 cm³/mol. The van der Waals surface area contributed by atoms with Crippen LogP contribution in [-0.2, 0) is 4.79 Å². The van der Waals surface area contributed by atoms with E-state index in [1.165, 1.54) is 11.8 Å². The van der Waals surface area contributed by atoms with Gasteiger partial charge >= 0.3 is 0 Å². The van der Waals surface area contributed by atoms with E-state index in [1.807, 2.05) is 54.8 Å². The minimum absolute atomic E-state index is 0.00860. The van der Waals surface area contributed by atoms with E-state index < -0.39 is 0 Å². The van der Waals surface area contributed by atoms with E-state index in [1.54, 1.807) is 0 Å². The van der Waals surface area contributed by atoms with Crippen LogP contribution in [-0.4, -0.2) is 25.9 Å². The second kappa shape index (κ2) is 9.74. The molecule has 0 radical (unpaired) electrons. The van der Waals surface area contributed by atoms with Gasteiger partial charge in [-0.1, -0.05) is 73.6 Å². The van der Waals surface area contributed by atoms with Crippen molar-refractivity contribution in [2.75, 3.05) is 0 Å². The molecule has 1 aromatic heterocycles. The van der Waals surface area contributed by atoms with Gasteiger partial charge in [-0.05, 0) is 44.4 Å². The van der Waals surface area contributed by atoms with Crippen LogP contribution in [0.4, 0.5) is 0 Å². The molecule has 2 atom stereocenters. The number of carbonyl (C=O) groups is 1. The Morgan fingerprint density at radius 2 is 1.76 bits per heavy atom. The molecular formula is C23H28N4OS. The van der Waals surface area contributed by atoms with Gasteiger partial charge in [0.2, 0.25) is 5.91 Å². The van der Waals surface area contributed by atoms with Crippen LogP contribution in [0.25, 0.3) is 5.69 Å². The zero-order valence-electron chi connectivity index (χ0n) is 17.4. The van der Waals surface area contributed by atoms with Crippen molar-refractivity contribution in [2.45, 2.75) is 57.0 Å². The van der Waals surface area contributed by atoms with Gasteiger partial charge in [-0.15, -0.1) is 10.2 Å². The lowest BCUT2D eigenvalue weighted by atomic mass is 10.0. The highest BCUT2D eigenvalue weighted by Crippen LogP contribution is 2.28. The first kappa shape index (κ1) is 21.1. The molecule has 0 unspecified atom stereocenters. The Kier molecular flexibility index (Phi) is 7.09. The van der Waals surface area contributed by atoms with Crippen LogP contribution >= 0.6 is 11.8 Å². The number of benzene rings is 2. The lowest BCUT2D eigenvalue weighted by molar-refractivity contribution is -0.121. The summed E-state index contributed by atoms with van der Waals surface area (Å²) in [7, 11) is 0. The second-order valence-electron chi connectivity index (χ2n) is 7.17. The molecule has 3 rings (SSSR count). The molecule has 3 aromatic rings. The molecule has 0 saturated carbocycles. The maximum Gasteiger partial charge on any atom is 0.233 e. The molecule has 5 nitrogen and oxygen atoms in total. The van der Waals surface area contributed by atoms with Crippen LogP contribution in [0.1, 0.15) is 49.7 Å².